The summed E-state index contributed by atoms with van der Waals surface area (Å²) in [5.74, 6) is 1.29. The third-order valence-electron chi connectivity index (χ3n) is 6.18. The van der Waals surface area contributed by atoms with Gasteiger partial charge < -0.3 is 14.8 Å². The van der Waals surface area contributed by atoms with Crippen LogP contribution in [0.15, 0.2) is 58.6 Å². The largest absolute Gasteiger partial charge is 0.494 e. The van der Waals surface area contributed by atoms with Crippen molar-refractivity contribution < 1.29 is 22.7 Å². The summed E-state index contributed by atoms with van der Waals surface area (Å²) >= 11 is 1.29. The van der Waals surface area contributed by atoms with Crippen LogP contribution >= 0.6 is 11.8 Å². The second-order valence-electron chi connectivity index (χ2n) is 8.77. The fraction of sp³-hybridized carbons (Fsp3) is 0.423. The Kier molecular flexibility index (Phi) is 9.42. The van der Waals surface area contributed by atoms with Gasteiger partial charge in [0.2, 0.25) is 15.9 Å². The standard InChI is InChI=1S/C26H33N5O5S2/c1-4-19(3)31-25(20-7-6-8-23(17-20)38(33,34)30-13-15-35-16-14-30)28-29-26(31)37-18-24(32)27-21-9-11-22(12-10-21)36-5-2/h6-12,17,19H,4-5,13-16,18H2,1-3H3,(H,27,32)/t19-/m1/s1. The van der Waals surface area contributed by atoms with E-state index in [2.05, 4.69) is 22.4 Å². The van der Waals surface area contributed by atoms with Gasteiger partial charge in [0.25, 0.3) is 0 Å². The maximum absolute atomic E-state index is 13.2. The summed E-state index contributed by atoms with van der Waals surface area (Å²) < 4.78 is 40.6. The minimum Gasteiger partial charge on any atom is -0.494 e. The van der Waals surface area contributed by atoms with Gasteiger partial charge in [-0.2, -0.15) is 4.31 Å². The van der Waals surface area contributed by atoms with E-state index in [1.54, 1.807) is 30.3 Å². The number of hydrogen-bond acceptors (Lipinski definition) is 8. The average Bonchev–Trinajstić information content (AvgIpc) is 3.37. The number of aromatic nitrogens is 3. The lowest BCUT2D eigenvalue weighted by Gasteiger charge is -2.26. The Labute approximate surface area is 227 Å². The third kappa shape index (κ3) is 6.55. The number of thioether (sulfide) groups is 1. The van der Waals surface area contributed by atoms with Crippen molar-refractivity contribution in [3.05, 3.63) is 48.5 Å². The van der Waals surface area contributed by atoms with Crippen molar-refractivity contribution in [1.29, 1.82) is 0 Å². The molecule has 0 saturated carbocycles. The van der Waals surface area contributed by atoms with Crippen molar-refractivity contribution in [2.24, 2.45) is 0 Å². The summed E-state index contributed by atoms with van der Waals surface area (Å²) in [4.78, 5) is 12.8. The van der Waals surface area contributed by atoms with E-state index in [0.717, 1.165) is 12.2 Å². The van der Waals surface area contributed by atoms with Crippen LogP contribution in [0.1, 0.15) is 33.2 Å². The number of anilines is 1. The molecule has 204 valence electrons. The van der Waals surface area contributed by atoms with Gasteiger partial charge in [0.15, 0.2) is 11.0 Å². The van der Waals surface area contributed by atoms with Crippen molar-refractivity contribution in [2.45, 2.75) is 43.3 Å². The highest BCUT2D eigenvalue weighted by atomic mass is 32.2. The third-order valence-corrected chi connectivity index (χ3v) is 9.02. The molecule has 38 heavy (non-hydrogen) atoms. The molecule has 1 saturated heterocycles. The van der Waals surface area contributed by atoms with Crippen molar-refractivity contribution >= 4 is 33.4 Å². The number of sulfonamides is 1. The monoisotopic (exact) mass is 559 g/mol. The van der Waals surface area contributed by atoms with E-state index in [4.69, 9.17) is 9.47 Å². The van der Waals surface area contributed by atoms with Gasteiger partial charge in [0, 0.05) is 30.4 Å². The van der Waals surface area contributed by atoms with E-state index >= 15 is 0 Å². The molecule has 10 nitrogen and oxygen atoms in total. The van der Waals surface area contributed by atoms with E-state index in [1.165, 1.54) is 16.1 Å². The Morgan fingerprint density at radius 2 is 1.87 bits per heavy atom. The molecule has 1 aromatic heterocycles. The maximum atomic E-state index is 13.2. The molecule has 0 aliphatic carbocycles. The number of morpholine rings is 1. The molecule has 1 fully saturated rings. The Bertz CT molecular complexity index is 1340. The van der Waals surface area contributed by atoms with Crippen LogP contribution in [0, 0.1) is 0 Å². The van der Waals surface area contributed by atoms with Crippen LogP contribution in [0.25, 0.3) is 11.4 Å². The molecule has 0 radical (unpaired) electrons. The topological polar surface area (TPSA) is 116 Å². The summed E-state index contributed by atoms with van der Waals surface area (Å²) in [6.45, 7) is 8.02. The van der Waals surface area contributed by atoms with Crippen molar-refractivity contribution in [3.8, 4) is 17.1 Å². The van der Waals surface area contributed by atoms with Crippen LogP contribution in [0.5, 0.6) is 5.75 Å². The lowest BCUT2D eigenvalue weighted by molar-refractivity contribution is -0.113. The molecule has 0 unspecified atom stereocenters. The number of hydrogen-bond donors (Lipinski definition) is 1. The number of benzene rings is 2. The maximum Gasteiger partial charge on any atom is 0.243 e. The Morgan fingerprint density at radius 1 is 1.13 bits per heavy atom. The average molecular weight is 560 g/mol. The first kappa shape index (κ1) is 28.1. The number of carbonyl (C=O) groups excluding carboxylic acids is 1. The number of nitrogens with zero attached hydrogens (tertiary/aromatic N) is 4. The predicted octanol–water partition coefficient (Wildman–Crippen LogP) is 4.07. The first-order chi connectivity index (χ1) is 18.3. The number of nitrogens with one attached hydrogen (secondary N) is 1. The molecule has 1 N–H and O–H groups in total. The van der Waals surface area contributed by atoms with Gasteiger partial charge in [-0.15, -0.1) is 10.2 Å². The molecule has 4 rings (SSSR count). The second-order valence-corrected chi connectivity index (χ2v) is 11.7. The second kappa shape index (κ2) is 12.7. The van der Waals surface area contributed by atoms with Crippen LogP contribution in [0.4, 0.5) is 5.69 Å². The van der Waals surface area contributed by atoms with E-state index < -0.39 is 10.0 Å². The molecule has 1 atom stereocenters. The highest BCUT2D eigenvalue weighted by Crippen LogP contribution is 2.31. The minimum absolute atomic E-state index is 0.0381. The van der Waals surface area contributed by atoms with E-state index in [0.29, 0.717) is 55.1 Å². The highest BCUT2D eigenvalue weighted by Gasteiger charge is 2.27. The van der Waals surface area contributed by atoms with E-state index in [9.17, 15) is 13.2 Å². The number of rotatable bonds is 11. The zero-order chi connectivity index (χ0) is 27.1. The normalized spacial score (nSPS) is 15.2. The fourth-order valence-electron chi connectivity index (χ4n) is 4.01. The molecular weight excluding hydrogens is 526 g/mol. The predicted molar refractivity (Wildman–Crippen MR) is 147 cm³/mol. The molecule has 1 aliphatic rings. The quantitative estimate of drug-likeness (QED) is 0.350. The number of amides is 1. The van der Waals surface area contributed by atoms with Crippen molar-refractivity contribution in [1.82, 2.24) is 19.1 Å². The number of carbonyl (C=O) groups is 1. The summed E-state index contributed by atoms with van der Waals surface area (Å²) in [5.41, 5.74) is 1.33. The van der Waals surface area contributed by atoms with Gasteiger partial charge in [-0.25, -0.2) is 8.42 Å². The molecule has 2 heterocycles. The zero-order valence-electron chi connectivity index (χ0n) is 21.8. The molecular formula is C26H33N5O5S2. The zero-order valence-corrected chi connectivity index (χ0v) is 23.4. The first-order valence-electron chi connectivity index (χ1n) is 12.6. The smallest absolute Gasteiger partial charge is 0.243 e. The molecule has 1 aliphatic heterocycles. The van der Waals surface area contributed by atoms with Crippen molar-refractivity contribution in [3.63, 3.8) is 0 Å². The Hall–Kier alpha value is -2.93. The van der Waals surface area contributed by atoms with Crippen molar-refractivity contribution in [2.75, 3.05) is 44.0 Å². The van der Waals surface area contributed by atoms with Crippen LogP contribution in [0.2, 0.25) is 0 Å². The summed E-state index contributed by atoms with van der Waals surface area (Å²) in [6, 6.07) is 14.0. The first-order valence-corrected chi connectivity index (χ1v) is 15.0. The van der Waals surface area contributed by atoms with Crippen LogP contribution in [-0.2, 0) is 19.6 Å². The van der Waals surface area contributed by atoms with Crippen LogP contribution in [-0.4, -0.2) is 72.1 Å². The van der Waals surface area contributed by atoms with Gasteiger partial charge in [-0.3, -0.25) is 9.36 Å². The van der Waals surface area contributed by atoms with Gasteiger partial charge in [-0.05, 0) is 56.7 Å². The SMILES string of the molecule is CCOc1ccc(NC(=O)CSc2nnc(-c3cccc(S(=O)(=O)N4CCOCC4)c3)n2[C@H](C)CC)cc1. The highest BCUT2D eigenvalue weighted by molar-refractivity contribution is 7.99. The molecule has 1 amide bonds. The number of ether oxygens (including phenoxy) is 2. The molecule has 0 spiro atoms. The molecule has 0 bridgehead atoms. The molecule has 12 heteroatoms. The summed E-state index contributed by atoms with van der Waals surface area (Å²) in [5, 5.41) is 12.2. The Balaban J connectivity index is 1.52. The van der Waals surface area contributed by atoms with E-state index in [1.807, 2.05) is 36.6 Å². The lowest BCUT2D eigenvalue weighted by atomic mass is 10.2. The molecule has 2 aromatic carbocycles. The van der Waals surface area contributed by atoms with Gasteiger partial charge in [0.05, 0.1) is 30.5 Å². The van der Waals surface area contributed by atoms with Crippen LogP contribution in [0.3, 0.4) is 0 Å². The fourth-order valence-corrected chi connectivity index (χ4v) is 6.30. The summed E-state index contributed by atoms with van der Waals surface area (Å²) in [6.07, 6.45) is 0.808. The minimum atomic E-state index is -3.65. The van der Waals surface area contributed by atoms with Crippen LogP contribution < -0.4 is 10.1 Å². The Morgan fingerprint density at radius 3 is 2.55 bits per heavy atom. The van der Waals surface area contributed by atoms with Gasteiger partial charge in [0.1, 0.15) is 5.75 Å². The van der Waals surface area contributed by atoms with E-state index in [-0.39, 0.29) is 22.6 Å². The van der Waals surface area contributed by atoms with Gasteiger partial charge in [-0.1, -0.05) is 30.8 Å². The molecule has 3 aromatic rings. The lowest BCUT2D eigenvalue weighted by Crippen LogP contribution is -2.40. The van der Waals surface area contributed by atoms with Gasteiger partial charge >= 0.3 is 0 Å². The summed E-state index contributed by atoms with van der Waals surface area (Å²) in [7, 11) is -3.65.